The fourth-order valence-electron chi connectivity index (χ4n) is 1.44. The first-order chi connectivity index (χ1) is 12.3. The van der Waals surface area contributed by atoms with Crippen LogP contribution in [0.25, 0.3) is 0 Å². The Balaban J connectivity index is 0. The van der Waals surface area contributed by atoms with Gasteiger partial charge in [-0.05, 0) is 13.3 Å². The number of hydrogen-bond donors (Lipinski definition) is 3. The second-order valence-electron chi connectivity index (χ2n) is 4.19. The number of nitrogens with one attached hydrogen (secondary N) is 2. The normalized spacial score (nSPS) is 10.2. The summed E-state index contributed by atoms with van der Waals surface area (Å²) in [4.78, 5) is 44.2. The SMILES string of the molecule is CC.CC.Cc1oc(=O)oc1COC(=O)NC(CCC(=O)C=N)C(=O)O. The van der Waals surface area contributed by atoms with Crippen LogP contribution < -0.4 is 11.1 Å². The van der Waals surface area contributed by atoms with Gasteiger partial charge in [-0.2, -0.15) is 0 Å². The van der Waals surface area contributed by atoms with E-state index in [0.717, 1.165) is 0 Å². The summed E-state index contributed by atoms with van der Waals surface area (Å²) in [7, 11) is 0. The van der Waals surface area contributed by atoms with Crippen LogP contribution >= 0.6 is 0 Å². The van der Waals surface area contributed by atoms with Crippen molar-refractivity contribution >= 4 is 24.1 Å². The zero-order chi connectivity index (χ0) is 20.7. The Morgan fingerprint density at radius 2 is 1.81 bits per heavy atom. The van der Waals surface area contributed by atoms with E-state index in [4.69, 9.17) is 15.3 Å². The van der Waals surface area contributed by atoms with Crippen molar-refractivity contribution < 1.29 is 33.1 Å². The van der Waals surface area contributed by atoms with Crippen LogP contribution in [0.1, 0.15) is 52.1 Å². The van der Waals surface area contributed by atoms with Crippen molar-refractivity contribution in [3.05, 3.63) is 22.1 Å². The standard InChI is InChI=1S/C12H14N2O8.2C2H6/c1-6-9(22-12(19)21-6)5-20-11(18)14-8(10(16)17)3-2-7(15)4-13;2*1-2/h4,8,13H,2-3,5H2,1H3,(H,14,18)(H,16,17);2*1-2H3. The number of carboxylic acids is 1. The third kappa shape index (κ3) is 10.1. The summed E-state index contributed by atoms with van der Waals surface area (Å²) < 4.78 is 13.9. The molecule has 0 aliphatic carbocycles. The molecular weight excluding hydrogens is 348 g/mol. The molecule has 1 aromatic rings. The molecule has 148 valence electrons. The molecule has 0 saturated heterocycles. The maximum atomic E-state index is 11.5. The van der Waals surface area contributed by atoms with Gasteiger partial charge in [0.15, 0.2) is 23.9 Å². The van der Waals surface area contributed by atoms with E-state index in [1.165, 1.54) is 6.92 Å². The second kappa shape index (κ2) is 14.4. The predicted molar refractivity (Wildman–Crippen MR) is 92.4 cm³/mol. The molecule has 0 spiro atoms. The van der Waals surface area contributed by atoms with Crippen LogP contribution in [0.4, 0.5) is 4.79 Å². The lowest BCUT2D eigenvalue weighted by Crippen LogP contribution is -2.41. The van der Waals surface area contributed by atoms with E-state index in [2.05, 4.69) is 14.2 Å². The van der Waals surface area contributed by atoms with Crippen LogP contribution in [-0.2, 0) is 20.9 Å². The van der Waals surface area contributed by atoms with E-state index in [1.54, 1.807) is 0 Å². The smallest absolute Gasteiger partial charge is 0.480 e. The zero-order valence-corrected chi connectivity index (χ0v) is 15.6. The number of hydrogen-bond acceptors (Lipinski definition) is 8. The highest BCUT2D eigenvalue weighted by molar-refractivity contribution is 6.26. The van der Waals surface area contributed by atoms with Crippen LogP contribution in [-0.4, -0.2) is 35.2 Å². The Bertz CT molecular complexity index is 632. The highest BCUT2D eigenvalue weighted by atomic mass is 16.6. The molecule has 1 amide bonds. The van der Waals surface area contributed by atoms with Crippen LogP contribution in [0.2, 0.25) is 0 Å². The van der Waals surface area contributed by atoms with Crippen LogP contribution in [0.5, 0.6) is 0 Å². The summed E-state index contributed by atoms with van der Waals surface area (Å²) in [5.41, 5.74) is 0. The Labute approximate surface area is 151 Å². The molecule has 0 bridgehead atoms. The number of carboxylic acid groups (broad SMARTS) is 1. The van der Waals surface area contributed by atoms with Crippen molar-refractivity contribution in [3.63, 3.8) is 0 Å². The molecule has 0 aliphatic heterocycles. The molecule has 1 heterocycles. The number of aryl methyl sites for hydroxylation is 1. The van der Waals surface area contributed by atoms with E-state index >= 15 is 0 Å². The van der Waals surface area contributed by atoms with Gasteiger partial charge in [-0.15, -0.1) is 0 Å². The number of alkyl carbamates (subject to hydrolysis) is 1. The number of carbonyl (C=O) groups is 3. The highest BCUT2D eigenvalue weighted by Gasteiger charge is 2.22. The maximum absolute atomic E-state index is 11.5. The van der Waals surface area contributed by atoms with Gasteiger partial charge in [0.1, 0.15) is 6.04 Å². The number of rotatable bonds is 8. The minimum Gasteiger partial charge on any atom is -0.480 e. The van der Waals surface area contributed by atoms with E-state index in [0.29, 0.717) is 6.21 Å². The average molecular weight is 374 g/mol. The third-order valence-electron chi connectivity index (χ3n) is 2.60. The molecular formula is C16H26N2O8. The molecule has 0 fully saturated rings. The molecule has 1 atom stereocenters. The van der Waals surface area contributed by atoms with Crippen LogP contribution in [0.3, 0.4) is 0 Å². The zero-order valence-electron chi connectivity index (χ0n) is 15.6. The second-order valence-corrected chi connectivity index (χ2v) is 4.19. The summed E-state index contributed by atoms with van der Waals surface area (Å²) in [5.74, 6) is -2.70. The summed E-state index contributed by atoms with van der Waals surface area (Å²) in [5, 5.41) is 17.7. The van der Waals surface area contributed by atoms with Gasteiger partial charge in [0.05, 0.1) is 6.21 Å². The Morgan fingerprint density at radius 3 is 2.23 bits per heavy atom. The lowest BCUT2D eigenvalue weighted by Gasteiger charge is -2.13. The highest BCUT2D eigenvalue weighted by Crippen LogP contribution is 2.07. The third-order valence-corrected chi connectivity index (χ3v) is 2.60. The summed E-state index contributed by atoms with van der Waals surface area (Å²) in [6, 6.07) is -1.34. The van der Waals surface area contributed by atoms with Crippen molar-refractivity contribution in [2.75, 3.05) is 0 Å². The molecule has 0 radical (unpaired) electrons. The number of carbonyl (C=O) groups excluding carboxylic acids is 2. The first-order valence-corrected chi connectivity index (χ1v) is 8.12. The van der Waals surface area contributed by atoms with Gasteiger partial charge >= 0.3 is 17.9 Å². The average Bonchev–Trinajstić information content (AvgIpc) is 2.96. The number of ketones is 1. The van der Waals surface area contributed by atoms with Gasteiger partial charge in [-0.3, -0.25) is 4.79 Å². The molecule has 10 heteroatoms. The molecule has 1 aromatic heterocycles. The Morgan fingerprint density at radius 1 is 1.23 bits per heavy atom. The maximum Gasteiger partial charge on any atom is 0.519 e. The van der Waals surface area contributed by atoms with Crippen molar-refractivity contribution in [2.24, 2.45) is 0 Å². The van der Waals surface area contributed by atoms with Gasteiger partial charge < -0.3 is 29.4 Å². The fraction of sp³-hybridized carbons (Fsp3) is 0.562. The molecule has 26 heavy (non-hydrogen) atoms. The summed E-state index contributed by atoms with van der Waals surface area (Å²) in [6.07, 6.45) is -0.867. The van der Waals surface area contributed by atoms with E-state index in [-0.39, 0.29) is 24.4 Å². The fourth-order valence-corrected chi connectivity index (χ4v) is 1.44. The Kier molecular flexibility index (Phi) is 14.1. The monoisotopic (exact) mass is 374 g/mol. The van der Waals surface area contributed by atoms with Gasteiger partial charge in [-0.25, -0.2) is 14.4 Å². The lowest BCUT2D eigenvalue weighted by atomic mass is 10.1. The van der Waals surface area contributed by atoms with E-state index < -0.39 is 36.3 Å². The quantitative estimate of drug-likeness (QED) is 0.584. The summed E-state index contributed by atoms with van der Waals surface area (Å²) >= 11 is 0. The lowest BCUT2D eigenvalue weighted by molar-refractivity contribution is -0.139. The number of Topliss-reactive ketones (excluding diaryl/α,β-unsaturated/α-hetero) is 1. The molecule has 0 aliphatic rings. The molecule has 1 rings (SSSR count). The first-order valence-electron chi connectivity index (χ1n) is 8.12. The number of ether oxygens (including phenoxy) is 1. The van der Waals surface area contributed by atoms with Gasteiger partial charge in [-0.1, -0.05) is 27.7 Å². The molecule has 10 nitrogen and oxygen atoms in total. The summed E-state index contributed by atoms with van der Waals surface area (Å²) in [6.45, 7) is 9.03. The van der Waals surface area contributed by atoms with Gasteiger partial charge in [0.2, 0.25) is 0 Å². The molecule has 3 N–H and O–H groups in total. The first kappa shape index (κ1) is 25.3. The van der Waals surface area contributed by atoms with Gasteiger partial charge in [0, 0.05) is 6.42 Å². The van der Waals surface area contributed by atoms with Crippen molar-refractivity contribution in [2.45, 2.75) is 60.1 Å². The van der Waals surface area contributed by atoms with Crippen LogP contribution in [0, 0.1) is 12.3 Å². The minimum atomic E-state index is -1.35. The predicted octanol–water partition coefficient (Wildman–Crippen LogP) is 2.27. The topological polar surface area (TPSA) is 160 Å². The molecule has 0 aromatic carbocycles. The molecule has 1 unspecified atom stereocenters. The van der Waals surface area contributed by atoms with E-state index in [1.807, 2.05) is 27.7 Å². The molecule has 0 saturated carbocycles. The Hall–Kier alpha value is -2.91. The van der Waals surface area contributed by atoms with E-state index in [9.17, 15) is 19.2 Å². The van der Waals surface area contributed by atoms with Gasteiger partial charge in [0.25, 0.3) is 0 Å². The van der Waals surface area contributed by atoms with Crippen molar-refractivity contribution in [1.82, 2.24) is 5.32 Å². The van der Waals surface area contributed by atoms with Crippen molar-refractivity contribution in [1.29, 1.82) is 5.41 Å². The van der Waals surface area contributed by atoms with Crippen LogP contribution in [0.15, 0.2) is 13.6 Å². The number of amides is 1. The minimum absolute atomic E-state index is 0.00556. The number of aliphatic carboxylic acids is 1. The van der Waals surface area contributed by atoms with Crippen molar-refractivity contribution in [3.8, 4) is 0 Å². The largest absolute Gasteiger partial charge is 0.519 e.